The Hall–Kier alpha value is -1.02. The lowest BCUT2D eigenvalue weighted by Gasteiger charge is -2.27. The Morgan fingerprint density at radius 2 is 2.18 bits per heavy atom. The molecule has 2 rings (SSSR count). The zero-order valence-corrected chi connectivity index (χ0v) is 10.9. The van der Waals surface area contributed by atoms with E-state index in [2.05, 4.69) is 19.1 Å². The fourth-order valence-corrected chi connectivity index (χ4v) is 2.55. The van der Waals surface area contributed by atoms with E-state index in [1.54, 1.807) is 0 Å². The monoisotopic (exact) mass is 233 g/mol. The summed E-state index contributed by atoms with van der Waals surface area (Å²) in [4.78, 5) is 0. The number of hydrogen-bond acceptors (Lipinski definition) is 2. The van der Waals surface area contributed by atoms with Crippen LogP contribution in [0.1, 0.15) is 51.1 Å². The first-order valence-electron chi connectivity index (χ1n) is 6.67. The molecule has 0 aromatic heterocycles. The quantitative estimate of drug-likeness (QED) is 0.864. The van der Waals surface area contributed by atoms with Gasteiger partial charge in [0.1, 0.15) is 5.75 Å². The Labute approximate surface area is 104 Å². The van der Waals surface area contributed by atoms with Gasteiger partial charge in [0.25, 0.3) is 0 Å². The zero-order chi connectivity index (χ0) is 12.3. The van der Waals surface area contributed by atoms with Crippen LogP contribution in [-0.2, 0) is 0 Å². The molecule has 2 unspecified atom stereocenters. The molecule has 2 nitrogen and oxygen atoms in total. The molecule has 94 valence electrons. The highest BCUT2D eigenvalue weighted by Crippen LogP contribution is 2.28. The maximum absolute atomic E-state index is 6.06. The first-order valence-corrected chi connectivity index (χ1v) is 6.67. The molecule has 2 N–H and O–H groups in total. The summed E-state index contributed by atoms with van der Waals surface area (Å²) in [6, 6.07) is 8.26. The summed E-state index contributed by atoms with van der Waals surface area (Å²) in [6.45, 7) is 4.32. The van der Waals surface area contributed by atoms with Crippen LogP contribution in [0, 0.1) is 5.92 Å². The molecule has 0 aliphatic heterocycles. The van der Waals surface area contributed by atoms with E-state index < -0.39 is 0 Å². The number of rotatable bonds is 3. The van der Waals surface area contributed by atoms with Crippen molar-refractivity contribution >= 4 is 0 Å². The van der Waals surface area contributed by atoms with E-state index in [1.807, 2.05) is 19.1 Å². The van der Waals surface area contributed by atoms with Crippen molar-refractivity contribution in [3.63, 3.8) is 0 Å². The molecule has 3 atom stereocenters. The predicted molar refractivity (Wildman–Crippen MR) is 71.1 cm³/mol. The summed E-state index contributed by atoms with van der Waals surface area (Å²) in [7, 11) is 0. The molecule has 1 saturated carbocycles. The molecule has 0 spiro atoms. The van der Waals surface area contributed by atoms with Gasteiger partial charge in [-0.3, -0.25) is 0 Å². The van der Waals surface area contributed by atoms with Crippen molar-refractivity contribution in [2.24, 2.45) is 11.7 Å². The highest BCUT2D eigenvalue weighted by atomic mass is 16.5. The lowest BCUT2D eigenvalue weighted by Crippen LogP contribution is -2.24. The minimum Gasteiger partial charge on any atom is -0.490 e. The maximum atomic E-state index is 6.06. The van der Waals surface area contributed by atoms with Gasteiger partial charge in [-0.25, -0.2) is 0 Å². The number of hydrogen-bond donors (Lipinski definition) is 1. The Bertz CT molecular complexity index is 362. The number of ether oxygens (including phenoxy) is 1. The summed E-state index contributed by atoms with van der Waals surface area (Å²) in [5.74, 6) is 1.77. The van der Waals surface area contributed by atoms with E-state index in [1.165, 1.54) is 25.7 Å². The first-order chi connectivity index (χ1) is 8.15. The SMILES string of the molecule is CC1CCCC(Oc2cccc([C@@H](C)N)c2)C1. The largest absolute Gasteiger partial charge is 0.490 e. The predicted octanol–water partition coefficient (Wildman–Crippen LogP) is 3.66. The molecule has 0 bridgehead atoms. The zero-order valence-electron chi connectivity index (χ0n) is 10.9. The fraction of sp³-hybridized carbons (Fsp3) is 0.600. The Morgan fingerprint density at radius 1 is 1.35 bits per heavy atom. The minimum absolute atomic E-state index is 0.0730. The van der Waals surface area contributed by atoms with Crippen LogP contribution >= 0.6 is 0 Å². The van der Waals surface area contributed by atoms with Gasteiger partial charge in [-0.05, 0) is 49.8 Å². The van der Waals surface area contributed by atoms with Crippen LogP contribution in [0.3, 0.4) is 0 Å². The van der Waals surface area contributed by atoms with E-state index in [4.69, 9.17) is 10.5 Å². The normalized spacial score (nSPS) is 26.5. The van der Waals surface area contributed by atoms with Crippen molar-refractivity contribution in [2.45, 2.75) is 51.7 Å². The molecule has 0 heterocycles. The molecule has 1 aromatic rings. The standard InChI is InChI=1S/C15H23NO/c1-11-5-3-7-14(9-11)17-15-8-4-6-13(10-15)12(2)16/h4,6,8,10-12,14H,3,5,7,9,16H2,1-2H3/t11?,12-,14?/m1/s1. The van der Waals surface area contributed by atoms with Crippen molar-refractivity contribution in [3.05, 3.63) is 29.8 Å². The van der Waals surface area contributed by atoms with Crippen LogP contribution in [0.5, 0.6) is 5.75 Å². The molecule has 2 heteroatoms. The van der Waals surface area contributed by atoms with Gasteiger partial charge in [0, 0.05) is 6.04 Å². The van der Waals surface area contributed by atoms with Crippen molar-refractivity contribution < 1.29 is 4.74 Å². The molecule has 0 radical (unpaired) electrons. The summed E-state index contributed by atoms with van der Waals surface area (Å²) in [5.41, 5.74) is 7.03. The minimum atomic E-state index is 0.0730. The molecule has 0 amide bonds. The second-order valence-corrected chi connectivity index (χ2v) is 5.37. The summed E-state index contributed by atoms with van der Waals surface area (Å²) >= 11 is 0. The van der Waals surface area contributed by atoms with Gasteiger partial charge in [0.15, 0.2) is 0 Å². The van der Waals surface area contributed by atoms with Crippen LogP contribution in [0.15, 0.2) is 24.3 Å². The third-order valence-electron chi connectivity index (χ3n) is 3.57. The molecule has 17 heavy (non-hydrogen) atoms. The lowest BCUT2D eigenvalue weighted by molar-refractivity contribution is 0.129. The summed E-state index contributed by atoms with van der Waals surface area (Å²) in [6.07, 6.45) is 5.40. The van der Waals surface area contributed by atoms with Gasteiger partial charge in [0.2, 0.25) is 0 Å². The van der Waals surface area contributed by atoms with Crippen LogP contribution in [-0.4, -0.2) is 6.10 Å². The second-order valence-electron chi connectivity index (χ2n) is 5.37. The maximum Gasteiger partial charge on any atom is 0.120 e. The van der Waals surface area contributed by atoms with Crippen LogP contribution in [0.2, 0.25) is 0 Å². The molecule has 1 aromatic carbocycles. The second kappa shape index (κ2) is 5.54. The smallest absolute Gasteiger partial charge is 0.120 e. The van der Waals surface area contributed by atoms with E-state index in [0.29, 0.717) is 6.10 Å². The summed E-state index contributed by atoms with van der Waals surface area (Å²) < 4.78 is 6.06. The first kappa shape index (κ1) is 12.4. The third-order valence-corrected chi connectivity index (χ3v) is 3.57. The van der Waals surface area contributed by atoms with E-state index in [0.717, 1.165) is 17.2 Å². The average molecular weight is 233 g/mol. The Kier molecular flexibility index (Phi) is 4.06. The van der Waals surface area contributed by atoms with Crippen LogP contribution in [0.4, 0.5) is 0 Å². The van der Waals surface area contributed by atoms with Gasteiger partial charge in [0.05, 0.1) is 6.10 Å². The third kappa shape index (κ3) is 3.47. The van der Waals surface area contributed by atoms with Crippen LogP contribution in [0.25, 0.3) is 0 Å². The number of benzene rings is 1. The lowest BCUT2D eigenvalue weighted by atomic mass is 9.89. The summed E-state index contributed by atoms with van der Waals surface area (Å²) in [5, 5.41) is 0. The molecular weight excluding hydrogens is 210 g/mol. The van der Waals surface area contributed by atoms with Gasteiger partial charge < -0.3 is 10.5 Å². The highest BCUT2D eigenvalue weighted by molar-refractivity contribution is 5.30. The van der Waals surface area contributed by atoms with Crippen molar-refractivity contribution in [3.8, 4) is 5.75 Å². The van der Waals surface area contributed by atoms with Crippen molar-refractivity contribution in [1.82, 2.24) is 0 Å². The van der Waals surface area contributed by atoms with Crippen molar-refractivity contribution in [1.29, 1.82) is 0 Å². The fourth-order valence-electron chi connectivity index (χ4n) is 2.55. The average Bonchev–Trinajstić information content (AvgIpc) is 2.29. The molecule has 1 aliphatic carbocycles. The molecule has 1 aliphatic rings. The topological polar surface area (TPSA) is 35.2 Å². The van der Waals surface area contributed by atoms with E-state index >= 15 is 0 Å². The van der Waals surface area contributed by atoms with Gasteiger partial charge >= 0.3 is 0 Å². The molecule has 0 saturated heterocycles. The van der Waals surface area contributed by atoms with E-state index in [-0.39, 0.29) is 6.04 Å². The van der Waals surface area contributed by atoms with Gasteiger partial charge in [-0.2, -0.15) is 0 Å². The van der Waals surface area contributed by atoms with Gasteiger partial charge in [-0.1, -0.05) is 25.5 Å². The van der Waals surface area contributed by atoms with E-state index in [9.17, 15) is 0 Å². The van der Waals surface area contributed by atoms with Crippen molar-refractivity contribution in [2.75, 3.05) is 0 Å². The molecule has 1 fully saturated rings. The number of nitrogens with two attached hydrogens (primary N) is 1. The highest BCUT2D eigenvalue weighted by Gasteiger charge is 2.20. The molecular formula is C15H23NO. The Morgan fingerprint density at radius 3 is 2.88 bits per heavy atom. The Balaban J connectivity index is 2.00. The van der Waals surface area contributed by atoms with Gasteiger partial charge in [-0.15, -0.1) is 0 Å². The van der Waals surface area contributed by atoms with Crippen LogP contribution < -0.4 is 10.5 Å².